The van der Waals surface area contributed by atoms with Gasteiger partial charge in [0, 0.05) is 10.9 Å². The summed E-state index contributed by atoms with van der Waals surface area (Å²) in [4.78, 5) is 13.3. The number of hydrogen-bond acceptors (Lipinski definition) is 7. The first-order valence-electron chi connectivity index (χ1n) is 11.8. The van der Waals surface area contributed by atoms with Gasteiger partial charge in [0.1, 0.15) is 39.7 Å². The lowest BCUT2D eigenvalue weighted by atomic mass is 10.1. The fourth-order valence-electron chi connectivity index (χ4n) is 4.19. The third kappa shape index (κ3) is 4.38. The van der Waals surface area contributed by atoms with E-state index in [1.165, 1.54) is 10.8 Å². The highest BCUT2D eigenvalue weighted by molar-refractivity contribution is 7.26. The number of thiophene rings is 1. The van der Waals surface area contributed by atoms with E-state index in [0.29, 0.717) is 45.9 Å². The Hall–Kier alpha value is -4.25. The van der Waals surface area contributed by atoms with Crippen LogP contribution in [0.3, 0.4) is 0 Å². The molecule has 7 nitrogen and oxygen atoms in total. The molecule has 6 rings (SSSR count). The van der Waals surface area contributed by atoms with Gasteiger partial charge < -0.3 is 9.47 Å². The molecular formula is C27H20F3N5O2S. The van der Waals surface area contributed by atoms with Crippen molar-refractivity contribution in [2.45, 2.75) is 26.6 Å². The van der Waals surface area contributed by atoms with E-state index in [1.807, 2.05) is 55.5 Å². The molecule has 0 atom stereocenters. The summed E-state index contributed by atoms with van der Waals surface area (Å²) >= 11 is 1.13. The van der Waals surface area contributed by atoms with Gasteiger partial charge in [-0.2, -0.15) is 13.2 Å². The summed E-state index contributed by atoms with van der Waals surface area (Å²) in [5, 5.41) is 5.13. The van der Waals surface area contributed by atoms with Gasteiger partial charge in [0.2, 0.25) is 0 Å². The van der Waals surface area contributed by atoms with Gasteiger partial charge in [0.25, 0.3) is 0 Å². The zero-order valence-corrected chi connectivity index (χ0v) is 21.1. The maximum absolute atomic E-state index is 13.3. The molecule has 192 valence electrons. The van der Waals surface area contributed by atoms with Crippen LogP contribution in [0.15, 0.2) is 60.9 Å². The van der Waals surface area contributed by atoms with E-state index in [2.05, 4.69) is 20.1 Å². The highest BCUT2D eigenvalue weighted by atomic mass is 32.1. The molecule has 0 amide bonds. The third-order valence-corrected chi connectivity index (χ3v) is 7.08. The summed E-state index contributed by atoms with van der Waals surface area (Å²) in [5.41, 5.74) is 2.40. The number of aryl methyl sites for hydroxylation is 1. The summed E-state index contributed by atoms with van der Waals surface area (Å²) in [5.74, 6) is 2.02. The van der Waals surface area contributed by atoms with Crippen LogP contribution in [0.1, 0.15) is 23.7 Å². The second-order valence-corrected chi connectivity index (χ2v) is 9.62. The van der Waals surface area contributed by atoms with E-state index in [9.17, 15) is 13.2 Å². The quantitative estimate of drug-likeness (QED) is 0.232. The monoisotopic (exact) mass is 535 g/mol. The fourth-order valence-corrected chi connectivity index (χ4v) is 5.37. The van der Waals surface area contributed by atoms with Crippen LogP contribution in [0.5, 0.6) is 11.5 Å². The number of hydrogen-bond donors (Lipinski definition) is 0. The third-order valence-electron chi connectivity index (χ3n) is 6.01. The number of alkyl halides is 3. The molecule has 38 heavy (non-hydrogen) atoms. The minimum Gasteiger partial charge on any atom is -0.494 e. The van der Waals surface area contributed by atoms with Crippen molar-refractivity contribution in [3.8, 4) is 22.9 Å². The number of fused-ring (bicyclic) bond motifs is 5. The highest BCUT2D eigenvalue weighted by Gasteiger charge is 2.33. The van der Waals surface area contributed by atoms with Crippen molar-refractivity contribution in [3.63, 3.8) is 0 Å². The number of benzene rings is 2. The molecule has 0 N–H and O–H groups in total. The zero-order valence-electron chi connectivity index (χ0n) is 20.3. The average molecular weight is 536 g/mol. The van der Waals surface area contributed by atoms with Crippen molar-refractivity contribution in [1.82, 2.24) is 24.6 Å². The summed E-state index contributed by atoms with van der Waals surface area (Å²) in [6, 6.07) is 16.2. The number of halogens is 3. The van der Waals surface area contributed by atoms with E-state index >= 15 is 0 Å². The predicted molar refractivity (Wildman–Crippen MR) is 139 cm³/mol. The van der Waals surface area contributed by atoms with Crippen molar-refractivity contribution in [2.75, 3.05) is 6.61 Å². The summed E-state index contributed by atoms with van der Waals surface area (Å²) in [6.07, 6.45) is -3.00. The Morgan fingerprint density at radius 3 is 2.34 bits per heavy atom. The van der Waals surface area contributed by atoms with Crippen LogP contribution in [-0.4, -0.2) is 31.2 Å². The van der Waals surface area contributed by atoms with Gasteiger partial charge in [0.15, 0.2) is 11.5 Å². The molecule has 2 aromatic carbocycles. The summed E-state index contributed by atoms with van der Waals surface area (Å²) in [7, 11) is 0. The first-order chi connectivity index (χ1) is 18.3. The molecule has 6 aromatic rings. The lowest BCUT2D eigenvalue weighted by molar-refractivity contribution is -0.141. The maximum Gasteiger partial charge on any atom is 0.433 e. The normalized spacial score (nSPS) is 12.0. The SMILES string of the molecule is CCOc1ccc(OCc2ccc(-c3nc4c5sc6nc(C(F)(F)F)cc(C)c6c5ncn4n3)cc2)cc1. The largest absolute Gasteiger partial charge is 0.494 e. The standard InChI is InChI=1S/C27H20F3N5O2S/c1-3-36-18-8-10-19(11-9-18)37-13-16-4-6-17(7-5-16)24-33-25-23-22(31-14-35(25)34-24)21-15(2)12-20(27(28,29)30)32-26(21)38-23/h4-12,14H,3,13H2,1-2H3. The Kier molecular flexibility index (Phi) is 5.87. The van der Waals surface area contributed by atoms with E-state index in [4.69, 9.17) is 9.47 Å². The molecular weight excluding hydrogens is 515 g/mol. The maximum atomic E-state index is 13.3. The van der Waals surface area contributed by atoms with Crippen LogP contribution in [0.25, 0.3) is 37.5 Å². The minimum absolute atomic E-state index is 0.273. The smallest absolute Gasteiger partial charge is 0.433 e. The first-order valence-corrected chi connectivity index (χ1v) is 12.6. The lowest BCUT2D eigenvalue weighted by Crippen LogP contribution is -2.07. The molecule has 0 saturated carbocycles. The van der Waals surface area contributed by atoms with Crippen molar-refractivity contribution in [3.05, 3.63) is 77.7 Å². The number of rotatable bonds is 6. The molecule has 0 aliphatic carbocycles. The number of ether oxygens (including phenoxy) is 2. The molecule has 0 bridgehead atoms. The number of nitrogens with zero attached hydrogens (tertiary/aromatic N) is 5. The molecule has 11 heteroatoms. The molecule has 0 aliphatic heterocycles. The van der Waals surface area contributed by atoms with Crippen LogP contribution in [0, 0.1) is 6.92 Å². The van der Waals surface area contributed by atoms with Crippen molar-refractivity contribution in [2.24, 2.45) is 0 Å². The van der Waals surface area contributed by atoms with Crippen LogP contribution in [0.4, 0.5) is 13.2 Å². The Labute approximate surface area is 218 Å². The topological polar surface area (TPSA) is 74.4 Å². The molecule has 0 spiro atoms. The molecule has 0 fully saturated rings. The Morgan fingerprint density at radius 1 is 0.947 bits per heavy atom. The van der Waals surface area contributed by atoms with E-state index in [0.717, 1.165) is 40.0 Å². The van der Waals surface area contributed by atoms with Crippen molar-refractivity contribution < 1.29 is 22.6 Å². The predicted octanol–water partition coefficient (Wildman–Crippen LogP) is 6.86. The molecule has 0 saturated heterocycles. The van der Waals surface area contributed by atoms with Crippen LogP contribution < -0.4 is 9.47 Å². The summed E-state index contributed by atoms with van der Waals surface area (Å²) < 4.78 is 53.3. The van der Waals surface area contributed by atoms with Gasteiger partial charge in [-0.25, -0.2) is 19.5 Å². The van der Waals surface area contributed by atoms with Gasteiger partial charge in [-0.1, -0.05) is 24.3 Å². The molecule has 0 radical (unpaired) electrons. The van der Waals surface area contributed by atoms with E-state index < -0.39 is 11.9 Å². The molecule has 0 unspecified atom stereocenters. The van der Waals surface area contributed by atoms with E-state index in [1.54, 1.807) is 6.92 Å². The second kappa shape index (κ2) is 9.25. The Balaban J connectivity index is 1.28. The molecule has 0 aliphatic rings. The minimum atomic E-state index is -4.52. The van der Waals surface area contributed by atoms with Crippen molar-refractivity contribution in [1.29, 1.82) is 0 Å². The molecule has 4 aromatic heterocycles. The van der Waals surface area contributed by atoms with Gasteiger partial charge in [-0.15, -0.1) is 16.4 Å². The van der Waals surface area contributed by atoms with Crippen molar-refractivity contribution >= 4 is 37.4 Å². The van der Waals surface area contributed by atoms with Gasteiger partial charge >= 0.3 is 6.18 Å². The number of aromatic nitrogens is 5. The van der Waals surface area contributed by atoms with E-state index in [-0.39, 0.29) is 4.83 Å². The van der Waals surface area contributed by atoms with Gasteiger partial charge in [0.05, 0.1) is 12.1 Å². The Bertz CT molecular complexity index is 1780. The zero-order chi connectivity index (χ0) is 26.4. The highest BCUT2D eigenvalue weighted by Crippen LogP contribution is 2.38. The molecule has 4 heterocycles. The Morgan fingerprint density at radius 2 is 1.66 bits per heavy atom. The second-order valence-electron chi connectivity index (χ2n) is 8.62. The number of pyridine rings is 1. The lowest BCUT2D eigenvalue weighted by Gasteiger charge is -2.08. The van der Waals surface area contributed by atoms with Gasteiger partial charge in [-0.05, 0) is 55.3 Å². The summed E-state index contributed by atoms with van der Waals surface area (Å²) in [6.45, 7) is 4.57. The first kappa shape index (κ1) is 24.1. The van der Waals surface area contributed by atoms with Crippen LogP contribution >= 0.6 is 11.3 Å². The van der Waals surface area contributed by atoms with Crippen LogP contribution in [0.2, 0.25) is 0 Å². The van der Waals surface area contributed by atoms with Gasteiger partial charge in [-0.3, -0.25) is 0 Å². The average Bonchev–Trinajstić information content (AvgIpc) is 3.50. The fraction of sp³-hybridized carbons (Fsp3) is 0.185. The van der Waals surface area contributed by atoms with Crippen LogP contribution in [-0.2, 0) is 12.8 Å².